The quantitative estimate of drug-likeness (QED) is 0.893. The fraction of sp³-hybridized carbons (Fsp3) is 0.500. The lowest BCUT2D eigenvalue weighted by atomic mass is 10.1. The summed E-state index contributed by atoms with van der Waals surface area (Å²) < 4.78 is 5.59. The van der Waals surface area contributed by atoms with Crippen LogP contribution in [0.5, 0.6) is 0 Å². The molecule has 6 heteroatoms. The second-order valence-corrected chi connectivity index (χ2v) is 5.69. The minimum Gasteiger partial charge on any atom is -0.444 e. The molecule has 0 aliphatic rings. The molecule has 0 radical (unpaired) electrons. The number of amides is 2. The Labute approximate surface area is 114 Å². The predicted octanol–water partition coefficient (Wildman–Crippen LogP) is 2.08. The van der Waals surface area contributed by atoms with Crippen LogP contribution in [-0.2, 0) is 4.79 Å². The van der Waals surface area contributed by atoms with Crippen molar-refractivity contribution in [2.45, 2.75) is 32.7 Å². The molecule has 18 heavy (non-hydrogen) atoms. The van der Waals surface area contributed by atoms with Gasteiger partial charge < -0.3 is 15.1 Å². The highest BCUT2D eigenvalue weighted by Crippen LogP contribution is 2.13. The van der Waals surface area contributed by atoms with Gasteiger partial charge in [-0.05, 0) is 48.8 Å². The van der Waals surface area contributed by atoms with Gasteiger partial charge in [-0.3, -0.25) is 9.59 Å². The second kappa shape index (κ2) is 6.04. The largest absolute Gasteiger partial charge is 0.444 e. The number of furan rings is 1. The first-order chi connectivity index (χ1) is 8.28. The molecule has 1 aromatic rings. The number of carbonyl (C=O) groups excluding carboxylic acids is 2. The van der Waals surface area contributed by atoms with Crippen LogP contribution in [0.25, 0.3) is 0 Å². The maximum Gasteiger partial charge on any atom is 0.287 e. The van der Waals surface area contributed by atoms with E-state index in [1.165, 1.54) is 0 Å². The first kappa shape index (κ1) is 14.8. The Morgan fingerprint density at radius 3 is 2.50 bits per heavy atom. The molecular weight excluding hydrogens is 300 g/mol. The van der Waals surface area contributed by atoms with Gasteiger partial charge in [0, 0.05) is 18.5 Å². The molecule has 1 heterocycles. The van der Waals surface area contributed by atoms with Crippen LogP contribution in [-0.4, -0.2) is 23.9 Å². The van der Waals surface area contributed by atoms with Crippen LogP contribution in [0.2, 0.25) is 0 Å². The lowest BCUT2D eigenvalue weighted by Gasteiger charge is -2.20. The lowest BCUT2D eigenvalue weighted by Crippen LogP contribution is -2.41. The van der Waals surface area contributed by atoms with Gasteiger partial charge >= 0.3 is 0 Å². The minimum absolute atomic E-state index is 0.0941. The van der Waals surface area contributed by atoms with Gasteiger partial charge in [-0.1, -0.05) is 0 Å². The zero-order valence-corrected chi connectivity index (χ0v) is 12.3. The molecule has 0 fully saturated rings. The highest BCUT2D eigenvalue weighted by atomic mass is 79.9. The summed E-state index contributed by atoms with van der Waals surface area (Å²) in [6, 6.07) is 3.20. The summed E-state index contributed by atoms with van der Waals surface area (Å²) in [5.41, 5.74) is -0.257. The maximum absolute atomic E-state index is 11.6. The normalized spacial score (nSPS) is 11.1. The lowest BCUT2D eigenvalue weighted by molar-refractivity contribution is -0.122. The number of carbonyl (C=O) groups is 2. The van der Waals surface area contributed by atoms with Crippen molar-refractivity contribution in [1.82, 2.24) is 10.6 Å². The molecule has 0 aliphatic carbocycles. The van der Waals surface area contributed by atoms with Crippen LogP contribution < -0.4 is 10.6 Å². The average Bonchev–Trinajstić information content (AvgIpc) is 2.62. The molecule has 1 aromatic heterocycles. The molecule has 0 aromatic carbocycles. The minimum atomic E-state index is -0.329. The van der Waals surface area contributed by atoms with Crippen LogP contribution in [0.15, 0.2) is 21.2 Å². The molecule has 5 nitrogen and oxygen atoms in total. The summed E-state index contributed by atoms with van der Waals surface area (Å²) in [6.45, 7) is 6.00. The summed E-state index contributed by atoms with van der Waals surface area (Å²) in [6.07, 6.45) is 0.241. The molecular formula is C12H17BrN2O3. The van der Waals surface area contributed by atoms with Gasteiger partial charge in [0.05, 0.1) is 0 Å². The Hall–Kier alpha value is -1.30. The molecule has 0 saturated heterocycles. The van der Waals surface area contributed by atoms with Crippen molar-refractivity contribution in [1.29, 1.82) is 0 Å². The van der Waals surface area contributed by atoms with Gasteiger partial charge in [-0.25, -0.2) is 0 Å². The van der Waals surface area contributed by atoms with E-state index in [2.05, 4.69) is 26.6 Å². The third-order valence-corrected chi connectivity index (χ3v) is 2.38. The summed E-state index contributed by atoms with van der Waals surface area (Å²) in [7, 11) is 0. The van der Waals surface area contributed by atoms with Gasteiger partial charge in [0.1, 0.15) is 0 Å². The molecule has 2 N–H and O–H groups in total. The smallest absolute Gasteiger partial charge is 0.287 e. The molecule has 0 spiro atoms. The number of nitrogens with one attached hydrogen (secondary N) is 2. The van der Waals surface area contributed by atoms with E-state index in [1.54, 1.807) is 12.1 Å². The molecule has 0 bridgehead atoms. The van der Waals surface area contributed by atoms with Crippen molar-refractivity contribution in [2.24, 2.45) is 0 Å². The van der Waals surface area contributed by atoms with E-state index < -0.39 is 0 Å². The molecule has 2 amide bonds. The molecule has 100 valence electrons. The second-order valence-electron chi connectivity index (χ2n) is 4.91. The highest BCUT2D eigenvalue weighted by Gasteiger charge is 2.14. The number of rotatable bonds is 4. The van der Waals surface area contributed by atoms with Crippen LogP contribution in [0.1, 0.15) is 37.7 Å². The Kier molecular flexibility index (Phi) is 4.95. The van der Waals surface area contributed by atoms with Gasteiger partial charge in [-0.2, -0.15) is 0 Å². The number of hydrogen-bond donors (Lipinski definition) is 2. The van der Waals surface area contributed by atoms with Crippen LogP contribution in [0.4, 0.5) is 0 Å². The highest BCUT2D eigenvalue weighted by molar-refractivity contribution is 9.10. The average molecular weight is 317 g/mol. The molecule has 0 aliphatic heterocycles. The van der Waals surface area contributed by atoms with Crippen molar-refractivity contribution >= 4 is 27.7 Å². The van der Waals surface area contributed by atoms with E-state index in [0.29, 0.717) is 4.67 Å². The molecule has 0 saturated carbocycles. The Morgan fingerprint density at radius 1 is 1.33 bits per heavy atom. The van der Waals surface area contributed by atoms with Crippen molar-refractivity contribution in [3.05, 3.63) is 22.6 Å². The summed E-state index contributed by atoms with van der Waals surface area (Å²) >= 11 is 3.11. The number of halogens is 1. The summed E-state index contributed by atoms with van der Waals surface area (Å²) in [5, 5.41) is 5.43. The number of hydrogen-bond acceptors (Lipinski definition) is 3. The maximum atomic E-state index is 11.6. The van der Waals surface area contributed by atoms with E-state index in [0.717, 1.165) is 0 Å². The third kappa shape index (κ3) is 5.35. The van der Waals surface area contributed by atoms with Crippen molar-refractivity contribution in [3.63, 3.8) is 0 Å². The van der Waals surface area contributed by atoms with Crippen LogP contribution in [0, 0.1) is 0 Å². The first-order valence-electron chi connectivity index (χ1n) is 5.62. The van der Waals surface area contributed by atoms with Crippen molar-refractivity contribution < 1.29 is 14.0 Å². The van der Waals surface area contributed by atoms with Crippen molar-refractivity contribution in [3.8, 4) is 0 Å². The fourth-order valence-corrected chi connectivity index (χ4v) is 1.60. The van der Waals surface area contributed by atoms with E-state index >= 15 is 0 Å². The van der Waals surface area contributed by atoms with E-state index in [-0.39, 0.29) is 36.1 Å². The Balaban J connectivity index is 2.30. The topological polar surface area (TPSA) is 71.3 Å². The van der Waals surface area contributed by atoms with E-state index in [4.69, 9.17) is 4.42 Å². The van der Waals surface area contributed by atoms with Crippen LogP contribution >= 0.6 is 15.9 Å². The van der Waals surface area contributed by atoms with Gasteiger partial charge in [0.15, 0.2) is 10.4 Å². The molecule has 1 rings (SSSR count). The molecule has 0 unspecified atom stereocenters. The fourth-order valence-electron chi connectivity index (χ4n) is 1.29. The first-order valence-corrected chi connectivity index (χ1v) is 6.42. The zero-order valence-electron chi connectivity index (χ0n) is 10.7. The van der Waals surface area contributed by atoms with E-state index in [1.807, 2.05) is 20.8 Å². The van der Waals surface area contributed by atoms with Crippen molar-refractivity contribution in [2.75, 3.05) is 6.54 Å². The van der Waals surface area contributed by atoms with Gasteiger partial charge in [0.25, 0.3) is 5.91 Å². The summed E-state index contributed by atoms with van der Waals surface area (Å²) in [5.74, 6) is -0.203. The van der Waals surface area contributed by atoms with Gasteiger partial charge in [0.2, 0.25) is 5.91 Å². The van der Waals surface area contributed by atoms with E-state index in [9.17, 15) is 9.59 Å². The Bertz CT molecular complexity index is 435. The Morgan fingerprint density at radius 2 is 2.00 bits per heavy atom. The SMILES string of the molecule is CC(C)(C)NC(=O)CCNC(=O)c1ccc(Br)o1. The molecule has 0 atom stereocenters. The standard InChI is InChI=1S/C12H17BrN2O3/c1-12(2,3)15-10(16)6-7-14-11(17)8-4-5-9(13)18-8/h4-5H,6-7H2,1-3H3,(H,14,17)(H,15,16). The predicted molar refractivity (Wildman–Crippen MR) is 71.3 cm³/mol. The monoisotopic (exact) mass is 316 g/mol. The van der Waals surface area contributed by atoms with Gasteiger partial charge in [-0.15, -0.1) is 0 Å². The summed E-state index contributed by atoms with van der Waals surface area (Å²) in [4.78, 5) is 23.1. The zero-order chi connectivity index (χ0) is 13.8. The van der Waals surface area contributed by atoms with Crippen LogP contribution in [0.3, 0.4) is 0 Å². The third-order valence-electron chi connectivity index (χ3n) is 1.95.